The number of benzene rings is 3. The quantitative estimate of drug-likeness (QED) is 0.445. The number of aliphatic imine (C=N–C) groups is 1. The van der Waals surface area contributed by atoms with Gasteiger partial charge in [-0.05, 0) is 60.2 Å². The van der Waals surface area contributed by atoms with Gasteiger partial charge in [0.15, 0.2) is 0 Å². The number of hydrogen-bond donors (Lipinski definition) is 0. The van der Waals surface area contributed by atoms with Crippen LogP contribution in [-0.4, -0.2) is 6.21 Å². The molecule has 0 radical (unpaired) electrons. The first-order valence-corrected chi connectivity index (χ1v) is 8.70. The molecule has 24 heavy (non-hydrogen) atoms. The summed E-state index contributed by atoms with van der Waals surface area (Å²) in [6, 6.07) is 20.1. The van der Waals surface area contributed by atoms with E-state index in [9.17, 15) is 4.39 Å². The maximum absolute atomic E-state index is 13.1. The van der Waals surface area contributed by atoms with E-state index in [1.54, 1.807) is 24.0 Å². The van der Waals surface area contributed by atoms with Gasteiger partial charge in [-0.15, -0.1) is 0 Å². The van der Waals surface area contributed by atoms with Crippen molar-refractivity contribution in [2.75, 3.05) is 0 Å². The summed E-state index contributed by atoms with van der Waals surface area (Å²) in [7, 11) is 0. The first kappa shape index (κ1) is 17.0. The molecule has 3 aromatic rings. The van der Waals surface area contributed by atoms with Gasteiger partial charge >= 0.3 is 0 Å². The van der Waals surface area contributed by atoms with Crippen molar-refractivity contribution in [3.8, 4) is 0 Å². The molecule has 0 aliphatic rings. The Kier molecular flexibility index (Phi) is 5.56. The van der Waals surface area contributed by atoms with Gasteiger partial charge in [0.1, 0.15) is 5.82 Å². The second-order valence-electron chi connectivity index (χ2n) is 4.98. The monoisotopic (exact) mass is 375 g/mol. The normalized spacial score (nSPS) is 11.1. The molecule has 3 aromatic carbocycles. The van der Waals surface area contributed by atoms with E-state index in [1.807, 2.05) is 48.5 Å². The van der Waals surface area contributed by atoms with E-state index < -0.39 is 5.82 Å². The van der Waals surface area contributed by atoms with E-state index in [0.717, 1.165) is 20.4 Å². The summed E-state index contributed by atoms with van der Waals surface area (Å²) >= 11 is 13.3. The Balaban J connectivity index is 1.68. The van der Waals surface area contributed by atoms with Crippen LogP contribution in [0.1, 0.15) is 5.56 Å². The zero-order valence-electron chi connectivity index (χ0n) is 12.4. The van der Waals surface area contributed by atoms with Crippen LogP contribution >= 0.6 is 35.0 Å². The Morgan fingerprint density at radius 2 is 1.46 bits per heavy atom. The summed E-state index contributed by atoms with van der Waals surface area (Å²) in [5.74, 6) is -0.445. The summed E-state index contributed by atoms with van der Waals surface area (Å²) in [6.07, 6.45) is 1.72. The molecule has 5 heteroatoms. The van der Waals surface area contributed by atoms with E-state index in [4.69, 9.17) is 23.2 Å². The maximum atomic E-state index is 13.1. The molecule has 0 aliphatic heterocycles. The summed E-state index contributed by atoms with van der Waals surface area (Å²) in [6.45, 7) is 0. The third-order valence-electron chi connectivity index (χ3n) is 3.20. The lowest BCUT2D eigenvalue weighted by molar-refractivity contribution is 0.628. The number of rotatable bonds is 4. The molecule has 120 valence electrons. The second kappa shape index (κ2) is 7.84. The highest BCUT2D eigenvalue weighted by Crippen LogP contribution is 2.28. The molecule has 0 atom stereocenters. The van der Waals surface area contributed by atoms with Crippen LogP contribution in [0.3, 0.4) is 0 Å². The van der Waals surface area contributed by atoms with Crippen LogP contribution in [0.15, 0.2) is 81.5 Å². The minimum absolute atomic E-state index is 0.0689. The van der Waals surface area contributed by atoms with E-state index >= 15 is 0 Å². The van der Waals surface area contributed by atoms with Gasteiger partial charge in [-0.3, -0.25) is 4.99 Å². The summed E-state index contributed by atoms with van der Waals surface area (Å²) in [5, 5.41) is 0.797. The van der Waals surface area contributed by atoms with Crippen molar-refractivity contribution in [3.05, 3.63) is 88.2 Å². The van der Waals surface area contributed by atoms with Gasteiger partial charge in [0, 0.05) is 21.0 Å². The molecule has 0 spiro atoms. The van der Waals surface area contributed by atoms with Crippen LogP contribution in [0, 0.1) is 5.82 Å². The Bertz CT molecular complexity index is 862. The van der Waals surface area contributed by atoms with Crippen LogP contribution in [0.5, 0.6) is 0 Å². The van der Waals surface area contributed by atoms with Crippen LogP contribution in [0.25, 0.3) is 0 Å². The van der Waals surface area contributed by atoms with Gasteiger partial charge in [-0.2, -0.15) is 0 Å². The molecule has 0 saturated carbocycles. The van der Waals surface area contributed by atoms with Crippen molar-refractivity contribution in [2.24, 2.45) is 4.99 Å². The molecular formula is C19H12Cl2FNS. The standard InChI is InChI=1S/C19H12Cl2FNS/c20-14-3-8-17(9-4-14)24-16-6-1-13(2-7-16)12-23-15-5-10-19(22)18(21)11-15/h1-12H. The molecule has 0 unspecified atom stereocenters. The minimum Gasteiger partial charge on any atom is -0.256 e. The average Bonchev–Trinajstić information content (AvgIpc) is 2.59. The molecule has 0 saturated heterocycles. The van der Waals surface area contributed by atoms with Gasteiger partial charge in [-0.25, -0.2) is 4.39 Å². The van der Waals surface area contributed by atoms with Crippen molar-refractivity contribution in [2.45, 2.75) is 9.79 Å². The molecule has 0 N–H and O–H groups in total. The molecule has 1 nitrogen and oxygen atoms in total. The fourth-order valence-corrected chi connectivity index (χ4v) is 3.09. The van der Waals surface area contributed by atoms with Crippen LogP contribution in [0.4, 0.5) is 10.1 Å². The topological polar surface area (TPSA) is 12.4 Å². The third kappa shape index (κ3) is 4.60. The Morgan fingerprint density at radius 1 is 0.833 bits per heavy atom. The Morgan fingerprint density at radius 3 is 2.08 bits per heavy atom. The van der Waals surface area contributed by atoms with Crippen LogP contribution < -0.4 is 0 Å². The molecular weight excluding hydrogens is 364 g/mol. The highest BCUT2D eigenvalue weighted by atomic mass is 35.5. The Labute approximate surface area is 154 Å². The molecule has 0 heterocycles. The predicted octanol–water partition coefficient (Wildman–Crippen LogP) is 7.03. The highest BCUT2D eigenvalue weighted by molar-refractivity contribution is 7.99. The molecule has 0 aliphatic carbocycles. The maximum Gasteiger partial charge on any atom is 0.141 e. The first-order chi connectivity index (χ1) is 11.6. The van der Waals surface area contributed by atoms with Gasteiger partial charge in [0.25, 0.3) is 0 Å². The SMILES string of the molecule is Fc1ccc(N=Cc2ccc(Sc3ccc(Cl)cc3)cc2)cc1Cl. The van der Waals surface area contributed by atoms with E-state index in [2.05, 4.69) is 4.99 Å². The molecule has 0 aromatic heterocycles. The number of nitrogens with zero attached hydrogens (tertiary/aromatic N) is 1. The van der Waals surface area contributed by atoms with Gasteiger partial charge in [-0.1, -0.05) is 47.1 Å². The lowest BCUT2D eigenvalue weighted by Gasteiger charge is -2.02. The average molecular weight is 376 g/mol. The lowest BCUT2D eigenvalue weighted by Crippen LogP contribution is -1.81. The first-order valence-electron chi connectivity index (χ1n) is 7.13. The molecule has 0 fully saturated rings. The molecule has 0 amide bonds. The molecule has 3 rings (SSSR count). The summed E-state index contributed by atoms with van der Waals surface area (Å²) < 4.78 is 13.1. The van der Waals surface area contributed by atoms with Crippen LogP contribution in [0.2, 0.25) is 10.0 Å². The Hall–Kier alpha value is -1.81. The fraction of sp³-hybridized carbons (Fsp3) is 0. The van der Waals surface area contributed by atoms with Crippen LogP contribution in [-0.2, 0) is 0 Å². The predicted molar refractivity (Wildman–Crippen MR) is 101 cm³/mol. The molecule has 0 bridgehead atoms. The fourth-order valence-electron chi connectivity index (χ4n) is 1.98. The van der Waals surface area contributed by atoms with Gasteiger partial charge < -0.3 is 0 Å². The van der Waals surface area contributed by atoms with Crippen molar-refractivity contribution in [1.82, 2.24) is 0 Å². The zero-order valence-corrected chi connectivity index (χ0v) is 14.7. The zero-order chi connectivity index (χ0) is 16.9. The number of hydrogen-bond acceptors (Lipinski definition) is 2. The smallest absolute Gasteiger partial charge is 0.141 e. The summed E-state index contributed by atoms with van der Waals surface area (Å²) in [5.41, 5.74) is 1.57. The van der Waals surface area contributed by atoms with E-state index in [0.29, 0.717) is 5.69 Å². The number of halogens is 3. The largest absolute Gasteiger partial charge is 0.256 e. The third-order valence-corrected chi connectivity index (χ3v) is 4.75. The highest BCUT2D eigenvalue weighted by Gasteiger charge is 2.00. The lowest BCUT2D eigenvalue weighted by atomic mass is 10.2. The van der Waals surface area contributed by atoms with Crippen molar-refractivity contribution in [3.63, 3.8) is 0 Å². The second-order valence-corrected chi connectivity index (χ2v) is 6.97. The van der Waals surface area contributed by atoms with Crippen molar-refractivity contribution in [1.29, 1.82) is 0 Å². The summed E-state index contributed by atoms with van der Waals surface area (Å²) in [4.78, 5) is 6.56. The van der Waals surface area contributed by atoms with Gasteiger partial charge in [0.05, 0.1) is 10.7 Å². The van der Waals surface area contributed by atoms with Crippen molar-refractivity contribution < 1.29 is 4.39 Å². The van der Waals surface area contributed by atoms with E-state index in [-0.39, 0.29) is 5.02 Å². The minimum atomic E-state index is -0.445. The van der Waals surface area contributed by atoms with E-state index in [1.165, 1.54) is 12.1 Å². The van der Waals surface area contributed by atoms with Gasteiger partial charge in [0.2, 0.25) is 0 Å². The van der Waals surface area contributed by atoms with Crippen molar-refractivity contribution >= 4 is 46.9 Å².